The summed E-state index contributed by atoms with van der Waals surface area (Å²) in [6.07, 6.45) is 1.25. The summed E-state index contributed by atoms with van der Waals surface area (Å²) in [6, 6.07) is 4.05. The molecule has 2 aromatic rings. The van der Waals surface area contributed by atoms with Crippen LogP contribution in [-0.2, 0) is 0 Å². The monoisotopic (exact) mass is 283 g/mol. The van der Waals surface area contributed by atoms with Gasteiger partial charge in [-0.25, -0.2) is 9.67 Å². The lowest BCUT2D eigenvalue weighted by Crippen LogP contribution is -1.99. The lowest BCUT2D eigenvalue weighted by molar-refractivity contribution is -0.384. The maximum absolute atomic E-state index is 10.6. The Morgan fingerprint density at radius 1 is 1.39 bits per heavy atom. The summed E-state index contributed by atoms with van der Waals surface area (Å²) < 4.78 is 1.19. The van der Waals surface area contributed by atoms with Crippen LogP contribution in [0.25, 0.3) is 5.69 Å². The lowest BCUT2D eigenvalue weighted by Gasteiger charge is -2.05. The molecule has 0 aliphatic heterocycles. The maximum atomic E-state index is 10.6. The predicted octanol–water partition coefficient (Wildman–Crippen LogP) is 2.35. The van der Waals surface area contributed by atoms with Gasteiger partial charge in [0, 0.05) is 12.1 Å². The van der Waals surface area contributed by atoms with Gasteiger partial charge >= 0.3 is 0 Å². The number of non-ortho nitro benzene ring substituents is 1. The molecule has 18 heavy (non-hydrogen) atoms. The molecule has 1 aromatic carbocycles. The number of benzene rings is 1. The highest BCUT2D eigenvalue weighted by Crippen LogP contribution is 2.32. The van der Waals surface area contributed by atoms with Gasteiger partial charge < -0.3 is 0 Å². The number of nitriles is 1. The first-order chi connectivity index (χ1) is 8.52. The summed E-state index contributed by atoms with van der Waals surface area (Å²) in [4.78, 5) is 13.7. The van der Waals surface area contributed by atoms with Crippen LogP contribution in [0.3, 0.4) is 0 Å². The van der Waals surface area contributed by atoms with Crippen molar-refractivity contribution in [3.8, 4) is 11.8 Å². The molecule has 0 radical (unpaired) electrons. The number of rotatable bonds is 2. The van der Waals surface area contributed by atoms with E-state index in [0.29, 0.717) is 0 Å². The van der Waals surface area contributed by atoms with E-state index < -0.39 is 4.92 Å². The van der Waals surface area contributed by atoms with Gasteiger partial charge in [0.05, 0.1) is 15.0 Å². The smallest absolute Gasteiger partial charge is 0.258 e. The lowest BCUT2D eigenvalue weighted by atomic mass is 10.3. The second-order valence-electron chi connectivity index (χ2n) is 3.14. The molecule has 0 atom stereocenters. The molecule has 0 aliphatic rings. The molecule has 7 nitrogen and oxygen atoms in total. The molecule has 1 aromatic heterocycles. The van der Waals surface area contributed by atoms with Crippen molar-refractivity contribution in [3.63, 3.8) is 0 Å². The summed E-state index contributed by atoms with van der Waals surface area (Å²) in [5.74, 6) is -0.0551. The van der Waals surface area contributed by atoms with Crippen molar-refractivity contribution in [1.29, 1.82) is 5.26 Å². The molecule has 0 fully saturated rings. The number of hydrogen-bond acceptors (Lipinski definition) is 5. The third kappa shape index (κ3) is 2.11. The van der Waals surface area contributed by atoms with Crippen LogP contribution in [0, 0.1) is 21.4 Å². The molecule has 0 saturated carbocycles. The van der Waals surface area contributed by atoms with Crippen LogP contribution < -0.4 is 0 Å². The highest BCUT2D eigenvalue weighted by molar-refractivity contribution is 6.38. The Hall–Kier alpha value is -2.17. The van der Waals surface area contributed by atoms with E-state index in [2.05, 4.69) is 10.1 Å². The van der Waals surface area contributed by atoms with Crippen LogP contribution in [0.5, 0.6) is 0 Å². The Morgan fingerprint density at radius 2 is 2.00 bits per heavy atom. The highest BCUT2D eigenvalue weighted by Gasteiger charge is 2.17. The van der Waals surface area contributed by atoms with Gasteiger partial charge in [-0.2, -0.15) is 5.26 Å². The van der Waals surface area contributed by atoms with E-state index in [1.54, 1.807) is 6.07 Å². The molecule has 0 saturated heterocycles. The average molecular weight is 284 g/mol. The van der Waals surface area contributed by atoms with E-state index >= 15 is 0 Å². The Labute approximate surface area is 110 Å². The second kappa shape index (κ2) is 4.60. The quantitative estimate of drug-likeness (QED) is 0.622. The third-order valence-corrected chi connectivity index (χ3v) is 2.61. The minimum Gasteiger partial charge on any atom is -0.258 e. The summed E-state index contributed by atoms with van der Waals surface area (Å²) in [7, 11) is 0. The molecule has 0 aliphatic carbocycles. The molecule has 0 unspecified atom stereocenters. The Morgan fingerprint density at radius 3 is 2.44 bits per heavy atom. The van der Waals surface area contributed by atoms with Crippen molar-refractivity contribution in [2.45, 2.75) is 0 Å². The first kappa shape index (κ1) is 12.3. The van der Waals surface area contributed by atoms with E-state index in [-0.39, 0.29) is 27.2 Å². The fourth-order valence-electron chi connectivity index (χ4n) is 1.30. The van der Waals surface area contributed by atoms with Crippen molar-refractivity contribution in [3.05, 3.63) is 44.4 Å². The van der Waals surface area contributed by atoms with Crippen LogP contribution in [0.4, 0.5) is 5.69 Å². The van der Waals surface area contributed by atoms with Gasteiger partial charge in [-0.05, 0) is 0 Å². The molecule has 0 amide bonds. The van der Waals surface area contributed by atoms with Crippen molar-refractivity contribution < 1.29 is 4.92 Å². The Kier molecular flexibility index (Phi) is 3.14. The first-order valence-corrected chi connectivity index (χ1v) is 5.24. The Bertz CT molecular complexity index is 653. The highest BCUT2D eigenvalue weighted by atomic mass is 35.5. The molecule has 0 spiro atoms. The Balaban J connectivity index is 2.59. The summed E-state index contributed by atoms with van der Waals surface area (Å²) in [5.41, 5.74) is 0.00676. The van der Waals surface area contributed by atoms with E-state index in [1.807, 2.05) is 0 Å². The van der Waals surface area contributed by atoms with Crippen LogP contribution in [0.15, 0.2) is 18.5 Å². The van der Waals surface area contributed by atoms with E-state index in [9.17, 15) is 10.1 Å². The van der Waals surface area contributed by atoms with E-state index in [1.165, 1.54) is 11.0 Å². The fraction of sp³-hybridized carbons (Fsp3) is 0. The average Bonchev–Trinajstić information content (AvgIpc) is 2.76. The summed E-state index contributed by atoms with van der Waals surface area (Å²) in [5, 5.41) is 23.1. The van der Waals surface area contributed by atoms with Crippen molar-refractivity contribution in [2.75, 3.05) is 0 Å². The number of aromatic nitrogens is 3. The third-order valence-electron chi connectivity index (χ3n) is 2.03. The van der Waals surface area contributed by atoms with Crippen LogP contribution in [-0.4, -0.2) is 19.7 Å². The van der Waals surface area contributed by atoms with E-state index in [0.717, 1.165) is 12.1 Å². The molecular weight excluding hydrogens is 281 g/mol. The van der Waals surface area contributed by atoms with Gasteiger partial charge in [0.25, 0.3) is 11.5 Å². The predicted molar refractivity (Wildman–Crippen MR) is 62.7 cm³/mol. The zero-order chi connectivity index (χ0) is 13.3. The standard InChI is InChI=1S/C9H3Cl2N5O2/c10-6-1-5(16(17)18)2-7(11)9(6)15-4-13-8(3-12)14-15/h1-2,4H. The van der Waals surface area contributed by atoms with Crippen LogP contribution in [0.2, 0.25) is 10.0 Å². The number of nitrogens with zero attached hydrogens (tertiary/aromatic N) is 5. The summed E-state index contributed by atoms with van der Waals surface area (Å²) in [6.45, 7) is 0. The molecule has 0 bridgehead atoms. The molecule has 1 heterocycles. The van der Waals surface area contributed by atoms with Crippen LogP contribution >= 0.6 is 23.2 Å². The van der Waals surface area contributed by atoms with Gasteiger partial charge in [-0.15, -0.1) is 5.10 Å². The van der Waals surface area contributed by atoms with Gasteiger partial charge in [-0.1, -0.05) is 23.2 Å². The van der Waals surface area contributed by atoms with Gasteiger partial charge in [0.15, 0.2) is 0 Å². The molecule has 0 N–H and O–H groups in total. The minimum absolute atomic E-state index is 0.0450. The first-order valence-electron chi connectivity index (χ1n) is 4.48. The van der Waals surface area contributed by atoms with Crippen molar-refractivity contribution >= 4 is 28.9 Å². The minimum atomic E-state index is -0.608. The van der Waals surface area contributed by atoms with Crippen LogP contribution in [0.1, 0.15) is 5.82 Å². The zero-order valence-electron chi connectivity index (χ0n) is 8.54. The molecule has 9 heteroatoms. The van der Waals surface area contributed by atoms with Crippen molar-refractivity contribution in [2.24, 2.45) is 0 Å². The molecule has 90 valence electrons. The zero-order valence-corrected chi connectivity index (χ0v) is 10.1. The van der Waals surface area contributed by atoms with E-state index in [4.69, 9.17) is 28.5 Å². The number of halogens is 2. The normalized spacial score (nSPS) is 10.1. The topological polar surface area (TPSA) is 97.6 Å². The van der Waals surface area contributed by atoms with Crippen molar-refractivity contribution in [1.82, 2.24) is 14.8 Å². The molecular formula is C9H3Cl2N5O2. The maximum Gasteiger partial charge on any atom is 0.272 e. The van der Waals surface area contributed by atoms with Gasteiger partial charge in [0.1, 0.15) is 18.1 Å². The number of hydrogen-bond donors (Lipinski definition) is 0. The second-order valence-corrected chi connectivity index (χ2v) is 3.95. The number of nitro benzene ring substituents is 1. The van der Waals surface area contributed by atoms with Gasteiger partial charge in [0.2, 0.25) is 0 Å². The number of nitro groups is 1. The SMILES string of the molecule is N#Cc1ncn(-c2c(Cl)cc([N+](=O)[O-])cc2Cl)n1. The summed E-state index contributed by atoms with van der Waals surface area (Å²) >= 11 is 11.8. The van der Waals surface area contributed by atoms with Gasteiger partial charge in [-0.3, -0.25) is 10.1 Å². The largest absolute Gasteiger partial charge is 0.272 e. The molecule has 2 rings (SSSR count). The fourth-order valence-corrected chi connectivity index (χ4v) is 1.95.